The zero-order valence-corrected chi connectivity index (χ0v) is 8.90. The van der Waals surface area contributed by atoms with E-state index >= 15 is 0 Å². The van der Waals surface area contributed by atoms with Crippen LogP contribution in [0.4, 0.5) is 0 Å². The van der Waals surface area contributed by atoms with Crippen molar-refractivity contribution in [2.75, 3.05) is 0 Å². The highest BCUT2D eigenvalue weighted by Crippen LogP contribution is 2.17. The van der Waals surface area contributed by atoms with E-state index in [1.54, 1.807) is 6.92 Å². The number of allylic oxidation sites excluding steroid dienone is 2. The fourth-order valence-corrected chi connectivity index (χ4v) is 0.970. The number of halogens is 1. The van der Waals surface area contributed by atoms with Gasteiger partial charge in [-0.1, -0.05) is 24.8 Å². The zero-order chi connectivity index (χ0) is 11.3. The summed E-state index contributed by atoms with van der Waals surface area (Å²) in [5, 5.41) is 9.27. The van der Waals surface area contributed by atoms with Crippen LogP contribution in [0.3, 0.4) is 0 Å². The first-order valence-corrected chi connectivity index (χ1v) is 4.45. The molecule has 0 atom stereocenters. The molecule has 0 amide bonds. The van der Waals surface area contributed by atoms with Gasteiger partial charge in [0.05, 0.1) is 5.57 Å². The predicted octanol–water partition coefficient (Wildman–Crippen LogP) is 2.39. The summed E-state index contributed by atoms with van der Waals surface area (Å²) in [6, 6.07) is 0. The van der Waals surface area contributed by atoms with Crippen LogP contribution in [-0.4, -0.2) is 11.1 Å². The molecule has 3 N–H and O–H groups in total. The van der Waals surface area contributed by atoms with Crippen LogP contribution in [0.15, 0.2) is 35.0 Å². The third kappa shape index (κ3) is 4.14. The van der Waals surface area contributed by atoms with Crippen LogP contribution < -0.4 is 5.73 Å². The van der Waals surface area contributed by atoms with Gasteiger partial charge in [-0.2, -0.15) is 0 Å². The normalized spacial score (nSPS) is 11.9. The first kappa shape index (κ1) is 12.8. The molecular formula is C10H14ClNO2. The Bertz CT molecular complexity index is 305. The second-order valence-electron chi connectivity index (χ2n) is 2.99. The van der Waals surface area contributed by atoms with Crippen molar-refractivity contribution < 1.29 is 9.90 Å². The summed E-state index contributed by atoms with van der Waals surface area (Å²) in [7, 11) is 0. The van der Waals surface area contributed by atoms with Crippen LogP contribution in [0.2, 0.25) is 0 Å². The maximum Gasteiger partial charge on any atom is 0.333 e. The van der Waals surface area contributed by atoms with Crippen LogP contribution in [0.5, 0.6) is 0 Å². The van der Waals surface area contributed by atoms with Gasteiger partial charge in [-0.3, -0.25) is 0 Å². The van der Waals surface area contributed by atoms with E-state index in [1.807, 2.05) is 0 Å². The van der Waals surface area contributed by atoms with Gasteiger partial charge in [0.15, 0.2) is 0 Å². The van der Waals surface area contributed by atoms with Gasteiger partial charge >= 0.3 is 5.97 Å². The van der Waals surface area contributed by atoms with Crippen LogP contribution in [0.1, 0.15) is 19.8 Å². The van der Waals surface area contributed by atoms with E-state index in [0.717, 1.165) is 0 Å². The number of nitrogens with two attached hydrogens (primary N) is 1. The average molecular weight is 216 g/mol. The van der Waals surface area contributed by atoms with Gasteiger partial charge in [-0.15, -0.1) is 0 Å². The van der Waals surface area contributed by atoms with Crippen molar-refractivity contribution in [2.45, 2.75) is 19.8 Å². The van der Waals surface area contributed by atoms with Gasteiger partial charge in [-0.25, -0.2) is 4.79 Å². The molecule has 0 saturated heterocycles. The molecule has 0 aromatic carbocycles. The molecule has 0 aromatic heterocycles. The molecule has 0 bridgehead atoms. The van der Waals surface area contributed by atoms with Crippen molar-refractivity contribution >= 4 is 17.6 Å². The molecule has 0 fully saturated rings. The molecule has 4 heteroatoms. The minimum absolute atomic E-state index is 0.138. The van der Waals surface area contributed by atoms with Crippen LogP contribution in [0, 0.1) is 0 Å². The lowest BCUT2D eigenvalue weighted by atomic mass is 10.0. The first-order chi connectivity index (χ1) is 6.36. The molecule has 0 rings (SSSR count). The van der Waals surface area contributed by atoms with Gasteiger partial charge in [0.1, 0.15) is 0 Å². The van der Waals surface area contributed by atoms with Crippen molar-refractivity contribution in [3.05, 3.63) is 35.0 Å². The molecular weight excluding hydrogens is 202 g/mol. The number of carboxylic acid groups (broad SMARTS) is 1. The maximum absolute atomic E-state index is 10.8. The summed E-state index contributed by atoms with van der Waals surface area (Å²) in [5.74, 6) is -1.04. The van der Waals surface area contributed by atoms with Crippen molar-refractivity contribution in [2.24, 2.45) is 5.73 Å². The lowest BCUT2D eigenvalue weighted by molar-refractivity contribution is -0.132. The van der Waals surface area contributed by atoms with Crippen LogP contribution in [-0.2, 0) is 4.79 Å². The van der Waals surface area contributed by atoms with E-state index in [9.17, 15) is 4.79 Å². The Labute approximate surface area is 88.6 Å². The molecule has 0 saturated carbocycles. The van der Waals surface area contributed by atoms with E-state index < -0.39 is 5.97 Å². The SMILES string of the molecule is C=C(Cl)CC/C(C(=O)O)=C(/N)C(=C)C. The molecule has 0 spiro atoms. The Morgan fingerprint density at radius 3 is 2.21 bits per heavy atom. The number of carboxylic acids is 1. The standard InChI is InChI=1S/C10H14ClNO2/c1-6(2)9(12)8(10(13)14)5-4-7(3)11/h1,3-5,12H2,2H3,(H,13,14)/b9-8-. The molecule has 0 aliphatic rings. The fourth-order valence-electron chi connectivity index (χ4n) is 0.875. The largest absolute Gasteiger partial charge is 0.478 e. The molecule has 0 aromatic rings. The second-order valence-corrected chi connectivity index (χ2v) is 3.53. The van der Waals surface area contributed by atoms with Gasteiger partial charge in [0, 0.05) is 10.7 Å². The van der Waals surface area contributed by atoms with Crippen molar-refractivity contribution in [1.82, 2.24) is 0 Å². The average Bonchev–Trinajstić information content (AvgIpc) is 2.02. The minimum atomic E-state index is -1.04. The number of aliphatic carboxylic acids is 1. The number of hydrogen-bond donors (Lipinski definition) is 2. The summed E-state index contributed by atoms with van der Waals surface area (Å²) in [5.41, 5.74) is 6.47. The van der Waals surface area contributed by atoms with E-state index in [0.29, 0.717) is 17.0 Å². The van der Waals surface area contributed by atoms with Crippen molar-refractivity contribution in [1.29, 1.82) is 0 Å². The third-order valence-electron chi connectivity index (χ3n) is 1.69. The lowest BCUT2D eigenvalue weighted by Gasteiger charge is -2.07. The fraction of sp³-hybridized carbons (Fsp3) is 0.300. The molecule has 0 aliphatic carbocycles. The Morgan fingerprint density at radius 1 is 1.43 bits per heavy atom. The molecule has 14 heavy (non-hydrogen) atoms. The minimum Gasteiger partial charge on any atom is -0.478 e. The molecule has 0 radical (unpaired) electrons. The highest BCUT2D eigenvalue weighted by molar-refractivity contribution is 6.29. The first-order valence-electron chi connectivity index (χ1n) is 4.07. The monoisotopic (exact) mass is 215 g/mol. The van der Waals surface area contributed by atoms with Crippen molar-refractivity contribution in [3.63, 3.8) is 0 Å². The Balaban J connectivity index is 4.77. The smallest absolute Gasteiger partial charge is 0.333 e. The van der Waals surface area contributed by atoms with Gasteiger partial charge in [-0.05, 0) is 25.3 Å². The van der Waals surface area contributed by atoms with Gasteiger partial charge in [0.2, 0.25) is 0 Å². The highest BCUT2D eigenvalue weighted by atomic mass is 35.5. The number of carbonyl (C=O) groups is 1. The number of hydrogen-bond acceptors (Lipinski definition) is 2. The van der Waals surface area contributed by atoms with E-state index in [4.69, 9.17) is 22.4 Å². The van der Waals surface area contributed by atoms with E-state index in [1.165, 1.54) is 0 Å². The molecule has 0 aliphatic heterocycles. The molecule has 78 valence electrons. The van der Waals surface area contributed by atoms with E-state index in [-0.39, 0.29) is 17.7 Å². The summed E-state index contributed by atoms with van der Waals surface area (Å²) in [6.07, 6.45) is 0.674. The summed E-state index contributed by atoms with van der Waals surface area (Å²) in [4.78, 5) is 10.8. The molecule has 3 nitrogen and oxygen atoms in total. The molecule has 0 heterocycles. The molecule has 0 unspecified atom stereocenters. The Kier molecular flexibility index (Phi) is 5.02. The summed E-state index contributed by atoms with van der Waals surface area (Å²) >= 11 is 5.54. The maximum atomic E-state index is 10.8. The topological polar surface area (TPSA) is 63.3 Å². The van der Waals surface area contributed by atoms with Gasteiger partial charge in [0.25, 0.3) is 0 Å². The number of rotatable bonds is 5. The summed E-state index contributed by atoms with van der Waals surface area (Å²) < 4.78 is 0. The van der Waals surface area contributed by atoms with Gasteiger partial charge < -0.3 is 10.8 Å². The van der Waals surface area contributed by atoms with E-state index in [2.05, 4.69) is 13.2 Å². The summed E-state index contributed by atoms with van der Waals surface area (Å²) in [6.45, 7) is 8.72. The Morgan fingerprint density at radius 2 is 1.93 bits per heavy atom. The predicted molar refractivity (Wildman–Crippen MR) is 57.9 cm³/mol. The second kappa shape index (κ2) is 5.50. The zero-order valence-electron chi connectivity index (χ0n) is 8.14. The quantitative estimate of drug-likeness (QED) is 0.547. The van der Waals surface area contributed by atoms with Crippen molar-refractivity contribution in [3.8, 4) is 0 Å². The highest BCUT2D eigenvalue weighted by Gasteiger charge is 2.12. The van der Waals surface area contributed by atoms with Crippen LogP contribution >= 0.6 is 11.6 Å². The Hall–Kier alpha value is -1.22. The van der Waals surface area contributed by atoms with Crippen LogP contribution in [0.25, 0.3) is 0 Å². The lowest BCUT2D eigenvalue weighted by Crippen LogP contribution is -2.11. The third-order valence-corrected chi connectivity index (χ3v) is 1.88.